The van der Waals surface area contributed by atoms with E-state index in [9.17, 15) is 45.1 Å². The number of rotatable bonds is 6. The van der Waals surface area contributed by atoms with Crippen LogP contribution in [0.1, 0.15) is 53.0 Å². The fourth-order valence-electron chi connectivity index (χ4n) is 5.72. The molecule has 2 heterocycles. The highest BCUT2D eigenvalue weighted by Crippen LogP contribution is 2.38. The van der Waals surface area contributed by atoms with Crippen LogP contribution in [0.3, 0.4) is 0 Å². The Kier molecular flexibility index (Phi) is 8.89. The van der Waals surface area contributed by atoms with Gasteiger partial charge in [-0.1, -0.05) is 6.07 Å². The molecule has 2 fully saturated rings. The summed E-state index contributed by atoms with van der Waals surface area (Å²) in [5, 5.41) is 0. The molecular weight excluding hydrogens is 571 g/mol. The molecule has 0 aliphatic carbocycles. The highest BCUT2D eigenvalue weighted by atomic mass is 19.4. The number of nitrogens with zero attached hydrogens (tertiary/aromatic N) is 3. The lowest BCUT2D eigenvalue weighted by atomic mass is 9.78. The van der Waals surface area contributed by atoms with E-state index in [0.717, 1.165) is 4.90 Å². The molecule has 4 rings (SSSR count). The molecule has 0 bridgehead atoms. The molecule has 0 aromatic heterocycles. The average Bonchev–Trinajstić information content (AvgIpc) is 3.30. The molecule has 2 atom stereocenters. The number of piperidine rings is 1. The van der Waals surface area contributed by atoms with Crippen LogP contribution in [0.4, 0.5) is 30.7 Å². The van der Waals surface area contributed by atoms with Crippen molar-refractivity contribution in [2.75, 3.05) is 33.2 Å². The number of alkyl halides is 6. The van der Waals surface area contributed by atoms with E-state index in [1.54, 1.807) is 6.92 Å². The molecule has 2 aliphatic heterocycles. The summed E-state index contributed by atoms with van der Waals surface area (Å²) in [6, 6.07) is 5.21. The number of aryl methyl sites for hydroxylation is 1. The Morgan fingerprint density at radius 1 is 0.976 bits per heavy atom. The van der Waals surface area contributed by atoms with Gasteiger partial charge in [-0.2, -0.15) is 26.3 Å². The Balaban J connectivity index is 1.59. The Hall–Kier alpha value is -3.64. The third-order valence-corrected chi connectivity index (χ3v) is 7.85. The quantitative estimate of drug-likeness (QED) is 0.418. The van der Waals surface area contributed by atoms with Gasteiger partial charge in [-0.05, 0) is 66.8 Å². The van der Waals surface area contributed by atoms with Crippen molar-refractivity contribution in [1.82, 2.24) is 14.7 Å². The molecule has 0 unspecified atom stereocenters. The summed E-state index contributed by atoms with van der Waals surface area (Å²) in [7, 11) is 1.29. The third kappa shape index (κ3) is 7.04. The zero-order valence-corrected chi connectivity index (χ0v) is 23.0. The van der Waals surface area contributed by atoms with Crippen LogP contribution in [0.15, 0.2) is 36.4 Å². The van der Waals surface area contributed by atoms with Crippen LogP contribution >= 0.6 is 0 Å². The molecule has 6 nitrogen and oxygen atoms in total. The van der Waals surface area contributed by atoms with Gasteiger partial charge in [0.1, 0.15) is 5.82 Å². The van der Waals surface area contributed by atoms with Gasteiger partial charge in [-0.15, -0.1) is 0 Å². The van der Waals surface area contributed by atoms with E-state index >= 15 is 0 Å². The minimum atomic E-state index is -5.02. The lowest BCUT2D eigenvalue weighted by Crippen LogP contribution is -2.50. The van der Waals surface area contributed by atoms with Crippen LogP contribution in [0, 0.1) is 18.7 Å². The number of carbonyl (C=O) groups is 3. The number of benzene rings is 2. The SMILES string of the molecule is Cc1cc(F)ccc1[C@@H]1CN(C(=O)CN2CCCC2=O)CC[C@H]1C(=O)N(C)Cc1cc(C(F)(F)F)cc(C(F)(F)F)c1. The smallest absolute Gasteiger partial charge is 0.341 e. The monoisotopic (exact) mass is 601 g/mol. The van der Waals surface area contributed by atoms with Crippen molar-refractivity contribution in [1.29, 1.82) is 0 Å². The first-order valence-corrected chi connectivity index (χ1v) is 13.4. The van der Waals surface area contributed by atoms with E-state index in [1.165, 1.54) is 35.0 Å². The van der Waals surface area contributed by atoms with Gasteiger partial charge < -0.3 is 14.7 Å². The van der Waals surface area contributed by atoms with Gasteiger partial charge in [0.15, 0.2) is 0 Å². The van der Waals surface area contributed by atoms with Gasteiger partial charge in [0.2, 0.25) is 17.7 Å². The normalized spacial score (nSPS) is 19.8. The minimum Gasteiger partial charge on any atom is -0.341 e. The van der Waals surface area contributed by atoms with Crippen molar-refractivity contribution in [3.8, 4) is 0 Å². The van der Waals surface area contributed by atoms with Gasteiger partial charge in [0.05, 0.1) is 17.7 Å². The van der Waals surface area contributed by atoms with Crippen LogP contribution in [0.5, 0.6) is 0 Å². The number of carbonyl (C=O) groups excluding carboxylic acids is 3. The van der Waals surface area contributed by atoms with E-state index in [-0.39, 0.29) is 49.5 Å². The van der Waals surface area contributed by atoms with Crippen LogP contribution in [-0.4, -0.2) is 65.6 Å². The molecule has 0 radical (unpaired) electrons. The Labute approximate surface area is 238 Å². The fourth-order valence-corrected chi connectivity index (χ4v) is 5.72. The highest BCUT2D eigenvalue weighted by Gasteiger charge is 2.40. The fraction of sp³-hybridized carbons (Fsp3) is 0.483. The molecule has 228 valence electrons. The lowest BCUT2D eigenvalue weighted by molar-refractivity contribution is -0.143. The zero-order chi connectivity index (χ0) is 31.0. The summed E-state index contributed by atoms with van der Waals surface area (Å²) >= 11 is 0. The molecule has 3 amide bonds. The van der Waals surface area contributed by atoms with Crippen molar-refractivity contribution >= 4 is 17.7 Å². The Morgan fingerprint density at radius 3 is 2.17 bits per heavy atom. The van der Waals surface area contributed by atoms with E-state index in [4.69, 9.17) is 0 Å². The second-order valence-electron chi connectivity index (χ2n) is 10.9. The van der Waals surface area contributed by atoms with E-state index < -0.39 is 53.6 Å². The Bertz CT molecular complexity index is 1330. The second kappa shape index (κ2) is 11.9. The van der Waals surface area contributed by atoms with Crippen molar-refractivity contribution < 1.29 is 45.1 Å². The topological polar surface area (TPSA) is 60.9 Å². The predicted molar refractivity (Wildman–Crippen MR) is 137 cm³/mol. The molecular formula is C29H30F7N3O3. The maximum atomic E-state index is 13.9. The predicted octanol–water partition coefficient (Wildman–Crippen LogP) is 5.38. The molecule has 42 heavy (non-hydrogen) atoms. The van der Waals surface area contributed by atoms with Crippen LogP contribution < -0.4 is 0 Å². The lowest BCUT2D eigenvalue weighted by Gasteiger charge is -2.40. The summed E-state index contributed by atoms with van der Waals surface area (Å²) in [5.41, 5.74) is -2.17. The van der Waals surface area contributed by atoms with Gasteiger partial charge in [-0.25, -0.2) is 4.39 Å². The molecule has 0 spiro atoms. The molecule has 0 saturated carbocycles. The number of likely N-dealkylation sites (tertiary alicyclic amines) is 2. The Morgan fingerprint density at radius 2 is 1.62 bits per heavy atom. The van der Waals surface area contributed by atoms with Crippen LogP contribution in [-0.2, 0) is 33.3 Å². The number of amides is 3. The zero-order valence-electron chi connectivity index (χ0n) is 23.0. The first-order valence-electron chi connectivity index (χ1n) is 13.4. The standard InChI is InChI=1S/C29H30F7N3O3/c1-17-10-21(30)5-6-22(17)24-15-39(26(41)16-38-8-3-4-25(38)40)9-7-23(24)27(42)37(2)14-18-11-19(28(31,32)33)13-20(12-18)29(34,35)36/h5-6,10-13,23-24H,3-4,7-9,14-16H2,1-2H3/t23-,24+/m1/s1. The van der Waals surface area contributed by atoms with Gasteiger partial charge >= 0.3 is 12.4 Å². The van der Waals surface area contributed by atoms with E-state index in [0.29, 0.717) is 42.6 Å². The van der Waals surface area contributed by atoms with Gasteiger partial charge in [-0.3, -0.25) is 14.4 Å². The van der Waals surface area contributed by atoms with Crippen molar-refractivity contribution in [3.63, 3.8) is 0 Å². The second-order valence-corrected chi connectivity index (χ2v) is 10.9. The molecule has 2 saturated heterocycles. The summed E-state index contributed by atoms with van der Waals surface area (Å²) in [5.74, 6) is -2.87. The maximum absolute atomic E-state index is 13.9. The molecule has 2 aliphatic rings. The first-order chi connectivity index (χ1) is 19.5. The van der Waals surface area contributed by atoms with Gasteiger partial charge in [0, 0.05) is 51.5 Å². The minimum absolute atomic E-state index is 0.0289. The van der Waals surface area contributed by atoms with Crippen LogP contribution in [0.25, 0.3) is 0 Å². The van der Waals surface area contributed by atoms with Crippen molar-refractivity contribution in [3.05, 3.63) is 70.0 Å². The summed E-state index contributed by atoms with van der Waals surface area (Å²) in [6.45, 7) is 1.72. The molecule has 2 aromatic carbocycles. The summed E-state index contributed by atoms with van der Waals surface area (Å²) in [6.07, 6.45) is -8.88. The summed E-state index contributed by atoms with van der Waals surface area (Å²) < 4.78 is 94.0. The van der Waals surface area contributed by atoms with Gasteiger partial charge in [0.25, 0.3) is 0 Å². The average molecular weight is 602 g/mol. The third-order valence-electron chi connectivity index (χ3n) is 7.85. The highest BCUT2D eigenvalue weighted by molar-refractivity contribution is 5.86. The molecule has 13 heteroatoms. The van der Waals surface area contributed by atoms with Crippen molar-refractivity contribution in [2.45, 2.75) is 51.0 Å². The van der Waals surface area contributed by atoms with Crippen LogP contribution in [0.2, 0.25) is 0 Å². The first kappa shape index (κ1) is 31.3. The molecule has 0 N–H and O–H groups in total. The maximum Gasteiger partial charge on any atom is 0.416 e. The summed E-state index contributed by atoms with van der Waals surface area (Å²) in [4.78, 5) is 42.9. The van der Waals surface area contributed by atoms with E-state index in [1.807, 2.05) is 0 Å². The number of hydrogen-bond acceptors (Lipinski definition) is 3. The van der Waals surface area contributed by atoms with E-state index in [2.05, 4.69) is 0 Å². The number of halogens is 7. The number of hydrogen-bond donors (Lipinski definition) is 0. The largest absolute Gasteiger partial charge is 0.416 e. The molecule has 2 aromatic rings. The van der Waals surface area contributed by atoms with Crippen molar-refractivity contribution in [2.24, 2.45) is 5.92 Å².